The third-order valence-corrected chi connectivity index (χ3v) is 5.24. The zero-order valence-corrected chi connectivity index (χ0v) is 18.4. The summed E-state index contributed by atoms with van der Waals surface area (Å²) in [7, 11) is -3.67. The molecule has 0 fully saturated rings. The van der Waals surface area contributed by atoms with Crippen LogP contribution in [0.1, 0.15) is 12.5 Å². The fraction of sp³-hybridized carbons (Fsp3) is 0.250. The second-order valence-electron chi connectivity index (χ2n) is 7.93. The average molecular weight is 442 g/mol. The lowest BCUT2D eigenvalue weighted by Gasteiger charge is -2.27. The zero-order chi connectivity index (χ0) is 22.6. The summed E-state index contributed by atoms with van der Waals surface area (Å²) >= 11 is 0. The van der Waals surface area contributed by atoms with E-state index in [9.17, 15) is 18.6 Å². The van der Waals surface area contributed by atoms with Gasteiger partial charge in [-0.05, 0) is 50.9 Å². The molecule has 0 atom stereocenters. The molecule has 4 aromatic carbocycles. The summed E-state index contributed by atoms with van der Waals surface area (Å²) in [6.45, 7) is 2.18. The van der Waals surface area contributed by atoms with Gasteiger partial charge in [0.1, 0.15) is 0 Å². The Bertz CT molecular complexity index is 1310. The van der Waals surface area contributed by atoms with Crippen LogP contribution in [0.2, 0.25) is 0 Å². The van der Waals surface area contributed by atoms with Crippen LogP contribution in [-0.2, 0) is 16.7 Å². The van der Waals surface area contributed by atoms with Crippen molar-refractivity contribution >= 4 is 42.4 Å². The summed E-state index contributed by atoms with van der Waals surface area (Å²) in [6.07, 6.45) is 0.715. The molecule has 164 valence electrons. The molecular weight excluding hydrogens is 414 g/mol. The van der Waals surface area contributed by atoms with Crippen LogP contribution in [0.4, 0.5) is 0 Å². The number of aliphatic hydroxyl groups excluding tert-OH is 2. The maximum absolute atomic E-state index is 9.54. The minimum Gasteiger partial charge on any atom is -0.394 e. The van der Waals surface area contributed by atoms with Crippen molar-refractivity contribution in [3.63, 3.8) is 0 Å². The fourth-order valence-corrected chi connectivity index (χ4v) is 3.57. The minimum absolute atomic E-state index is 0.111. The average Bonchev–Trinajstić information content (AvgIpc) is 2.75. The van der Waals surface area contributed by atoms with Gasteiger partial charge in [-0.15, -0.1) is 0 Å². The molecule has 31 heavy (non-hydrogen) atoms. The Hall–Kier alpha value is -2.55. The molecule has 4 aromatic rings. The van der Waals surface area contributed by atoms with Crippen molar-refractivity contribution in [1.82, 2.24) is 5.32 Å². The predicted molar refractivity (Wildman–Crippen MR) is 126 cm³/mol. The van der Waals surface area contributed by atoms with Crippen molar-refractivity contribution < 1.29 is 23.2 Å². The summed E-state index contributed by atoms with van der Waals surface area (Å²) in [6, 6.07) is 23.5. The van der Waals surface area contributed by atoms with Crippen molar-refractivity contribution in [2.75, 3.05) is 19.5 Å². The first-order chi connectivity index (χ1) is 14.6. The Morgan fingerprint density at radius 1 is 0.839 bits per heavy atom. The largest absolute Gasteiger partial charge is 0.394 e. The molecule has 0 aliphatic heterocycles. The number of benzene rings is 4. The second kappa shape index (κ2) is 9.30. The van der Waals surface area contributed by atoms with Crippen LogP contribution in [-0.4, -0.2) is 48.2 Å². The molecule has 6 nitrogen and oxygen atoms in total. The van der Waals surface area contributed by atoms with Crippen molar-refractivity contribution in [3.8, 4) is 0 Å². The summed E-state index contributed by atoms with van der Waals surface area (Å²) in [5.41, 5.74) is 0.468. The van der Waals surface area contributed by atoms with Crippen LogP contribution >= 0.6 is 0 Å². The van der Waals surface area contributed by atoms with Gasteiger partial charge < -0.3 is 15.5 Å². The van der Waals surface area contributed by atoms with E-state index in [1.54, 1.807) is 0 Å². The topological polar surface area (TPSA) is 107 Å². The molecule has 0 spiro atoms. The number of aliphatic hydroxyl groups is 2. The fourth-order valence-electron chi connectivity index (χ4n) is 3.57. The number of hydrogen-bond acceptors (Lipinski definition) is 5. The third kappa shape index (κ3) is 5.58. The Labute approximate surface area is 181 Å². The molecule has 0 amide bonds. The summed E-state index contributed by atoms with van der Waals surface area (Å²) < 4.78 is 25.9. The first-order valence-corrected chi connectivity index (χ1v) is 11.7. The lowest BCUT2D eigenvalue weighted by molar-refractivity contribution is 0.103. The lowest BCUT2D eigenvalue weighted by Crippen LogP contribution is -2.48. The third-order valence-electron chi connectivity index (χ3n) is 5.24. The Morgan fingerprint density at radius 2 is 1.35 bits per heavy atom. The molecule has 0 saturated carbocycles. The second-order valence-corrected chi connectivity index (χ2v) is 9.40. The molecule has 0 heterocycles. The van der Waals surface area contributed by atoms with Gasteiger partial charge in [-0.25, -0.2) is 0 Å². The Balaban J connectivity index is 0.000000491. The van der Waals surface area contributed by atoms with E-state index in [2.05, 4.69) is 72.0 Å². The zero-order valence-electron chi connectivity index (χ0n) is 17.5. The van der Waals surface area contributed by atoms with Gasteiger partial charge >= 0.3 is 0 Å². The Morgan fingerprint density at radius 3 is 1.97 bits per heavy atom. The van der Waals surface area contributed by atoms with Gasteiger partial charge in [0, 0.05) is 6.54 Å². The molecule has 0 saturated heterocycles. The molecule has 0 aromatic heterocycles. The lowest BCUT2D eigenvalue weighted by atomic mass is 9.93. The van der Waals surface area contributed by atoms with Gasteiger partial charge in [0.05, 0.1) is 25.0 Å². The molecule has 0 aliphatic carbocycles. The quantitative estimate of drug-likeness (QED) is 0.279. The van der Waals surface area contributed by atoms with Gasteiger partial charge in [0.2, 0.25) is 0 Å². The highest BCUT2D eigenvalue weighted by Gasteiger charge is 2.21. The molecule has 0 unspecified atom stereocenters. The van der Waals surface area contributed by atoms with Crippen LogP contribution in [0, 0.1) is 0 Å². The van der Waals surface area contributed by atoms with Crippen LogP contribution in [0.25, 0.3) is 32.3 Å². The van der Waals surface area contributed by atoms with E-state index < -0.39 is 15.7 Å². The van der Waals surface area contributed by atoms with Crippen LogP contribution in [0.15, 0.2) is 66.7 Å². The van der Waals surface area contributed by atoms with Gasteiger partial charge in [-0.2, -0.15) is 8.42 Å². The van der Waals surface area contributed by atoms with E-state index >= 15 is 0 Å². The molecule has 0 radical (unpaired) electrons. The van der Waals surface area contributed by atoms with E-state index in [-0.39, 0.29) is 13.2 Å². The number of fused-ring (bicyclic) bond motifs is 5. The first kappa shape index (κ1) is 23.1. The van der Waals surface area contributed by atoms with Crippen molar-refractivity contribution in [2.45, 2.75) is 19.0 Å². The van der Waals surface area contributed by atoms with Crippen LogP contribution < -0.4 is 5.32 Å². The SMILES string of the molecule is CC(CO)(CO)NCc1cc2ccc3ccccc3c2c2ccccc12.CS(=O)(=O)O. The van der Waals surface area contributed by atoms with E-state index in [1.807, 2.05) is 6.92 Å². The van der Waals surface area contributed by atoms with Gasteiger partial charge in [-0.1, -0.05) is 60.7 Å². The highest BCUT2D eigenvalue weighted by molar-refractivity contribution is 7.85. The highest BCUT2D eigenvalue weighted by Crippen LogP contribution is 2.34. The van der Waals surface area contributed by atoms with E-state index in [1.165, 1.54) is 32.3 Å². The summed E-state index contributed by atoms with van der Waals surface area (Å²) in [4.78, 5) is 0. The molecule has 4 N–H and O–H groups in total. The van der Waals surface area contributed by atoms with E-state index in [4.69, 9.17) is 4.55 Å². The van der Waals surface area contributed by atoms with Gasteiger partial charge in [0.25, 0.3) is 10.1 Å². The smallest absolute Gasteiger partial charge is 0.261 e. The molecule has 4 rings (SSSR count). The minimum atomic E-state index is -3.67. The predicted octanol–water partition coefficient (Wildman–Crippen LogP) is 3.48. The van der Waals surface area contributed by atoms with Gasteiger partial charge in [-0.3, -0.25) is 4.55 Å². The normalized spacial score (nSPS) is 12.2. The molecule has 0 aliphatic rings. The highest BCUT2D eigenvalue weighted by atomic mass is 32.2. The van der Waals surface area contributed by atoms with Crippen molar-refractivity contribution in [3.05, 3.63) is 72.3 Å². The van der Waals surface area contributed by atoms with Crippen LogP contribution in [0.5, 0.6) is 0 Å². The number of nitrogens with one attached hydrogen (secondary N) is 1. The van der Waals surface area contributed by atoms with Gasteiger partial charge in [0.15, 0.2) is 0 Å². The van der Waals surface area contributed by atoms with E-state index in [0.717, 1.165) is 5.56 Å². The molecule has 7 heteroatoms. The Kier molecular flexibility index (Phi) is 6.93. The summed E-state index contributed by atoms with van der Waals surface area (Å²) in [5, 5.41) is 29.8. The molecule has 0 bridgehead atoms. The van der Waals surface area contributed by atoms with Crippen molar-refractivity contribution in [2.24, 2.45) is 0 Å². The number of rotatable bonds is 5. The standard InChI is InChI=1S/C23H23NO2.CH4O3S/c1-23(14-25,15-26)24-13-18-12-17-11-10-16-6-2-3-8-20(16)22(17)21-9-5-4-7-19(18)21;1-5(2,3)4/h2-12,24-26H,13-15H2,1H3;1H3,(H,2,3,4). The van der Waals surface area contributed by atoms with E-state index in [0.29, 0.717) is 12.8 Å². The number of hydrogen-bond donors (Lipinski definition) is 4. The summed E-state index contributed by atoms with van der Waals surface area (Å²) in [5.74, 6) is 0. The maximum atomic E-state index is 9.54. The maximum Gasteiger partial charge on any atom is 0.261 e. The van der Waals surface area contributed by atoms with Crippen LogP contribution in [0.3, 0.4) is 0 Å². The van der Waals surface area contributed by atoms with Crippen molar-refractivity contribution in [1.29, 1.82) is 0 Å². The first-order valence-electron chi connectivity index (χ1n) is 9.86. The molecular formula is C24H27NO5S. The monoisotopic (exact) mass is 441 g/mol.